The van der Waals surface area contributed by atoms with Crippen molar-refractivity contribution in [3.63, 3.8) is 0 Å². The number of nitrogens with zero attached hydrogens (tertiary/aromatic N) is 2. The maximum atomic E-state index is 12.3. The van der Waals surface area contributed by atoms with Gasteiger partial charge < -0.3 is 15.0 Å². The summed E-state index contributed by atoms with van der Waals surface area (Å²) in [5.41, 5.74) is 1.63. The van der Waals surface area contributed by atoms with E-state index < -0.39 is 19.1 Å². The Hall–Kier alpha value is -3.14. The molecule has 0 aliphatic heterocycles. The van der Waals surface area contributed by atoms with Crippen LogP contribution in [0.15, 0.2) is 48.5 Å². The zero-order valence-electron chi connectivity index (χ0n) is 13.6. The number of carbonyl (C=O) groups excluding carboxylic acids is 1. The minimum Gasteiger partial charge on any atom is -0.485 e. The number of hydrogen-bond donors (Lipinski definition) is 1. The Bertz CT molecular complexity index is 775. The Morgan fingerprint density at radius 3 is 2.76 bits per heavy atom. The minimum absolute atomic E-state index is 0.177. The Labute approximate surface area is 144 Å². The summed E-state index contributed by atoms with van der Waals surface area (Å²) in [5.74, 6) is 0.177. The van der Waals surface area contributed by atoms with Crippen LogP contribution in [0.5, 0.6) is 5.75 Å². The molecule has 0 heterocycles. The summed E-state index contributed by atoms with van der Waals surface area (Å²) in [6, 6.07) is 14.9. The molecule has 0 bridgehead atoms. The van der Waals surface area contributed by atoms with Crippen molar-refractivity contribution >= 4 is 11.7 Å². The van der Waals surface area contributed by atoms with Gasteiger partial charge in [-0.15, -0.1) is 0 Å². The smallest absolute Gasteiger partial charge is 0.321 e. The van der Waals surface area contributed by atoms with Gasteiger partial charge in [-0.05, 0) is 29.8 Å². The average molecular weight is 345 g/mol. The second kappa shape index (κ2) is 8.64. The molecule has 2 amide bonds. The van der Waals surface area contributed by atoms with Gasteiger partial charge >= 0.3 is 6.03 Å². The van der Waals surface area contributed by atoms with Gasteiger partial charge in [-0.25, -0.2) is 13.6 Å². The first-order valence-corrected chi connectivity index (χ1v) is 7.50. The number of nitriles is 1. The van der Waals surface area contributed by atoms with Gasteiger partial charge in [0.1, 0.15) is 12.4 Å². The van der Waals surface area contributed by atoms with Gasteiger partial charge in [-0.1, -0.05) is 24.3 Å². The number of anilines is 1. The number of hydrogen-bond acceptors (Lipinski definition) is 3. The first-order chi connectivity index (χ1) is 12.0. The first kappa shape index (κ1) is 18.2. The van der Waals surface area contributed by atoms with E-state index in [1.165, 1.54) is 11.0 Å². The number of urea groups is 1. The number of rotatable bonds is 6. The zero-order chi connectivity index (χ0) is 18.2. The van der Waals surface area contributed by atoms with E-state index in [9.17, 15) is 13.6 Å². The normalized spacial score (nSPS) is 10.2. The van der Waals surface area contributed by atoms with Crippen LogP contribution < -0.4 is 10.1 Å². The summed E-state index contributed by atoms with van der Waals surface area (Å²) in [7, 11) is 1.59. The van der Waals surface area contributed by atoms with E-state index in [0.29, 0.717) is 17.8 Å². The predicted octanol–water partition coefficient (Wildman–Crippen LogP) is 3.87. The molecule has 5 nitrogen and oxygen atoms in total. The molecule has 0 spiro atoms. The van der Waals surface area contributed by atoms with E-state index in [1.807, 2.05) is 12.1 Å². The highest BCUT2D eigenvalue weighted by Crippen LogP contribution is 2.24. The summed E-state index contributed by atoms with van der Waals surface area (Å²) >= 11 is 0. The van der Waals surface area contributed by atoms with E-state index in [2.05, 4.69) is 5.32 Å². The number of ether oxygens (including phenoxy) is 1. The number of halogens is 2. The van der Waals surface area contributed by atoms with Gasteiger partial charge in [0.25, 0.3) is 6.43 Å². The number of amides is 2. The van der Waals surface area contributed by atoms with Gasteiger partial charge in [-0.2, -0.15) is 5.26 Å². The number of para-hydroxylation sites is 2. The molecule has 130 valence electrons. The third kappa shape index (κ3) is 5.46. The molecule has 0 saturated carbocycles. The molecule has 0 aliphatic rings. The molecule has 0 saturated heterocycles. The number of alkyl halides is 2. The lowest BCUT2D eigenvalue weighted by Crippen LogP contribution is -2.31. The van der Waals surface area contributed by atoms with E-state index >= 15 is 0 Å². The molecule has 0 aliphatic carbocycles. The van der Waals surface area contributed by atoms with Gasteiger partial charge in [0, 0.05) is 13.6 Å². The van der Waals surface area contributed by atoms with Crippen LogP contribution in [0, 0.1) is 11.3 Å². The molecule has 2 rings (SSSR count). The lowest BCUT2D eigenvalue weighted by Gasteiger charge is -2.19. The Morgan fingerprint density at radius 1 is 1.28 bits per heavy atom. The van der Waals surface area contributed by atoms with Gasteiger partial charge in [0.05, 0.1) is 17.3 Å². The number of carbonyl (C=O) groups is 1. The largest absolute Gasteiger partial charge is 0.485 e. The summed E-state index contributed by atoms with van der Waals surface area (Å²) in [6.07, 6.45) is -2.60. The molecule has 1 N–H and O–H groups in total. The monoisotopic (exact) mass is 345 g/mol. The van der Waals surface area contributed by atoms with Crippen LogP contribution in [-0.4, -0.2) is 31.0 Å². The third-order valence-electron chi connectivity index (χ3n) is 3.32. The average Bonchev–Trinajstić information content (AvgIpc) is 2.61. The predicted molar refractivity (Wildman–Crippen MR) is 89.6 cm³/mol. The van der Waals surface area contributed by atoms with Crippen molar-refractivity contribution in [2.75, 3.05) is 19.0 Å². The summed E-state index contributed by atoms with van der Waals surface area (Å²) < 4.78 is 29.6. The van der Waals surface area contributed by atoms with Gasteiger partial charge in [0.2, 0.25) is 0 Å². The third-order valence-corrected chi connectivity index (χ3v) is 3.32. The number of benzene rings is 2. The molecule has 0 unspecified atom stereocenters. The molecule has 0 aromatic heterocycles. The Kier molecular flexibility index (Phi) is 6.29. The fourth-order valence-electron chi connectivity index (χ4n) is 2.14. The van der Waals surface area contributed by atoms with Crippen molar-refractivity contribution in [2.45, 2.75) is 13.0 Å². The molecule has 7 heteroatoms. The van der Waals surface area contributed by atoms with Crippen LogP contribution in [0.3, 0.4) is 0 Å². The van der Waals surface area contributed by atoms with Crippen molar-refractivity contribution in [1.82, 2.24) is 4.90 Å². The molecular weight excluding hydrogens is 328 g/mol. The van der Waals surface area contributed by atoms with E-state index in [-0.39, 0.29) is 5.75 Å². The molecular formula is C18H17F2N3O2. The summed E-state index contributed by atoms with van der Waals surface area (Å²) in [4.78, 5) is 13.7. The highest BCUT2D eigenvalue weighted by molar-refractivity contribution is 5.90. The van der Waals surface area contributed by atoms with E-state index in [1.54, 1.807) is 43.4 Å². The quantitative estimate of drug-likeness (QED) is 0.864. The van der Waals surface area contributed by atoms with Gasteiger partial charge in [-0.3, -0.25) is 0 Å². The van der Waals surface area contributed by atoms with Crippen LogP contribution in [-0.2, 0) is 6.54 Å². The molecule has 2 aromatic rings. The van der Waals surface area contributed by atoms with Crippen LogP contribution in [0.4, 0.5) is 19.3 Å². The van der Waals surface area contributed by atoms with Crippen LogP contribution in [0.25, 0.3) is 0 Å². The molecule has 0 radical (unpaired) electrons. The van der Waals surface area contributed by atoms with Crippen LogP contribution >= 0.6 is 0 Å². The lowest BCUT2D eigenvalue weighted by molar-refractivity contribution is 0.0822. The second-order valence-corrected chi connectivity index (χ2v) is 5.30. The zero-order valence-corrected chi connectivity index (χ0v) is 13.6. The molecule has 25 heavy (non-hydrogen) atoms. The van der Waals surface area contributed by atoms with Crippen LogP contribution in [0.1, 0.15) is 11.1 Å². The van der Waals surface area contributed by atoms with E-state index in [0.717, 1.165) is 5.56 Å². The van der Waals surface area contributed by atoms with Crippen molar-refractivity contribution < 1.29 is 18.3 Å². The topological polar surface area (TPSA) is 65.4 Å². The fourth-order valence-corrected chi connectivity index (χ4v) is 2.14. The summed E-state index contributed by atoms with van der Waals surface area (Å²) in [6.45, 7) is -0.453. The second-order valence-electron chi connectivity index (χ2n) is 5.30. The Morgan fingerprint density at radius 2 is 2.04 bits per heavy atom. The summed E-state index contributed by atoms with van der Waals surface area (Å²) in [5, 5.41) is 11.5. The van der Waals surface area contributed by atoms with Crippen molar-refractivity contribution in [3.8, 4) is 11.8 Å². The van der Waals surface area contributed by atoms with Gasteiger partial charge in [0.15, 0.2) is 0 Å². The molecule has 0 atom stereocenters. The molecule has 0 fully saturated rings. The maximum absolute atomic E-state index is 12.3. The van der Waals surface area contributed by atoms with Crippen LogP contribution in [0.2, 0.25) is 0 Å². The van der Waals surface area contributed by atoms with E-state index in [4.69, 9.17) is 10.00 Å². The fraction of sp³-hybridized carbons (Fsp3) is 0.222. The lowest BCUT2D eigenvalue weighted by atomic mass is 10.1. The molecule has 2 aromatic carbocycles. The highest BCUT2D eigenvalue weighted by atomic mass is 19.3. The standard InChI is InChI=1S/C18H17F2N3O2/c1-23(11-14-6-4-5-13(9-14)10-21)18(24)22-15-7-2-3-8-16(15)25-12-17(19)20/h2-9,17H,11-12H2,1H3,(H,22,24). The number of nitrogens with one attached hydrogen (secondary N) is 1. The Balaban J connectivity index is 2.02. The van der Waals surface area contributed by atoms with Crippen molar-refractivity contribution in [2.24, 2.45) is 0 Å². The SMILES string of the molecule is CN(Cc1cccc(C#N)c1)C(=O)Nc1ccccc1OCC(F)F. The van der Waals surface area contributed by atoms with Crippen molar-refractivity contribution in [1.29, 1.82) is 5.26 Å². The highest BCUT2D eigenvalue weighted by Gasteiger charge is 2.13. The minimum atomic E-state index is -2.60. The maximum Gasteiger partial charge on any atom is 0.321 e. The first-order valence-electron chi connectivity index (χ1n) is 7.50. The van der Waals surface area contributed by atoms with Crippen molar-refractivity contribution in [3.05, 3.63) is 59.7 Å².